The van der Waals surface area contributed by atoms with Crippen molar-refractivity contribution in [1.82, 2.24) is 15.0 Å². The van der Waals surface area contributed by atoms with Crippen molar-refractivity contribution in [1.29, 1.82) is 0 Å². The van der Waals surface area contributed by atoms with Crippen molar-refractivity contribution in [2.45, 2.75) is 25.9 Å². The standard InChI is InChI=1S/C19H23F3N6/c1-14-12-17(26-6-2-3-7-26)25-18(24-14)28-10-8-27(9-11-28)16-5-4-15(13-23-16)19(20,21)22/h4-5,12-13H,2-3,6-11H2,1H3. The second-order valence-corrected chi connectivity index (χ2v) is 7.24. The first-order valence-electron chi connectivity index (χ1n) is 9.54. The monoisotopic (exact) mass is 392 g/mol. The molecule has 0 radical (unpaired) electrons. The average molecular weight is 392 g/mol. The predicted molar refractivity (Wildman–Crippen MR) is 102 cm³/mol. The van der Waals surface area contributed by atoms with E-state index >= 15 is 0 Å². The summed E-state index contributed by atoms with van der Waals surface area (Å²) < 4.78 is 38.1. The van der Waals surface area contributed by atoms with Crippen molar-refractivity contribution in [2.75, 3.05) is 54.0 Å². The minimum absolute atomic E-state index is 0.565. The normalized spacial score (nSPS) is 18.1. The van der Waals surface area contributed by atoms with Crippen LogP contribution in [0.15, 0.2) is 24.4 Å². The minimum Gasteiger partial charge on any atom is -0.356 e. The number of hydrogen-bond donors (Lipinski definition) is 0. The zero-order valence-corrected chi connectivity index (χ0v) is 15.8. The van der Waals surface area contributed by atoms with Crippen LogP contribution in [0.4, 0.5) is 30.8 Å². The molecule has 2 aromatic rings. The molecule has 0 amide bonds. The molecular weight excluding hydrogens is 369 g/mol. The molecule has 0 bridgehead atoms. The van der Waals surface area contributed by atoms with Gasteiger partial charge in [0.2, 0.25) is 5.95 Å². The summed E-state index contributed by atoms with van der Waals surface area (Å²) in [6, 6.07) is 4.55. The molecule has 150 valence electrons. The number of rotatable bonds is 3. The van der Waals surface area contributed by atoms with Gasteiger partial charge in [0.25, 0.3) is 0 Å². The molecule has 4 heterocycles. The molecule has 2 aliphatic heterocycles. The third-order valence-corrected chi connectivity index (χ3v) is 5.22. The summed E-state index contributed by atoms with van der Waals surface area (Å²) in [5.41, 5.74) is 0.219. The molecule has 6 nitrogen and oxygen atoms in total. The van der Waals surface area contributed by atoms with E-state index in [1.807, 2.05) is 17.9 Å². The highest BCUT2D eigenvalue weighted by atomic mass is 19.4. The number of piperazine rings is 1. The van der Waals surface area contributed by atoms with Gasteiger partial charge in [-0.3, -0.25) is 0 Å². The Labute approximate surface area is 162 Å². The number of aromatic nitrogens is 3. The van der Waals surface area contributed by atoms with Gasteiger partial charge >= 0.3 is 6.18 Å². The predicted octanol–water partition coefficient (Wildman–Crippen LogP) is 3.13. The topological polar surface area (TPSA) is 48.4 Å². The van der Waals surface area contributed by atoms with Crippen LogP contribution in [0.5, 0.6) is 0 Å². The van der Waals surface area contributed by atoms with E-state index in [0.29, 0.717) is 32.0 Å². The Morgan fingerprint density at radius 2 is 1.46 bits per heavy atom. The van der Waals surface area contributed by atoms with Crippen molar-refractivity contribution >= 4 is 17.6 Å². The van der Waals surface area contributed by atoms with Gasteiger partial charge in [0.05, 0.1) is 5.56 Å². The highest BCUT2D eigenvalue weighted by Crippen LogP contribution is 2.29. The fourth-order valence-electron chi connectivity index (χ4n) is 3.66. The Bertz CT molecular complexity index is 809. The molecule has 2 aromatic heterocycles. The van der Waals surface area contributed by atoms with Gasteiger partial charge in [-0.25, -0.2) is 9.97 Å². The second kappa shape index (κ2) is 7.44. The van der Waals surface area contributed by atoms with Crippen LogP contribution in [0.2, 0.25) is 0 Å². The summed E-state index contributed by atoms with van der Waals surface area (Å²) in [6.07, 6.45) is -1.08. The van der Waals surface area contributed by atoms with Gasteiger partial charge in [-0.2, -0.15) is 18.2 Å². The van der Waals surface area contributed by atoms with Crippen molar-refractivity contribution in [2.24, 2.45) is 0 Å². The molecule has 0 unspecified atom stereocenters. The Kier molecular flexibility index (Phi) is 4.99. The van der Waals surface area contributed by atoms with E-state index in [0.717, 1.165) is 42.8 Å². The number of halogens is 3. The number of nitrogens with zero attached hydrogens (tertiary/aromatic N) is 6. The third kappa shape index (κ3) is 3.98. The van der Waals surface area contributed by atoms with E-state index in [1.165, 1.54) is 18.9 Å². The summed E-state index contributed by atoms with van der Waals surface area (Å²) in [6.45, 7) is 6.76. The van der Waals surface area contributed by atoms with Crippen LogP contribution in [-0.4, -0.2) is 54.2 Å². The SMILES string of the molecule is Cc1cc(N2CCCC2)nc(N2CCN(c3ccc(C(F)(F)F)cn3)CC2)n1. The third-order valence-electron chi connectivity index (χ3n) is 5.22. The molecule has 4 rings (SSSR count). The Morgan fingerprint density at radius 3 is 2.07 bits per heavy atom. The number of anilines is 3. The highest BCUT2D eigenvalue weighted by Gasteiger charge is 2.31. The van der Waals surface area contributed by atoms with Crippen LogP contribution in [0.1, 0.15) is 24.1 Å². The Balaban J connectivity index is 1.43. The highest BCUT2D eigenvalue weighted by molar-refractivity contribution is 5.48. The number of aryl methyl sites for hydroxylation is 1. The van der Waals surface area contributed by atoms with Crippen LogP contribution in [0.25, 0.3) is 0 Å². The summed E-state index contributed by atoms with van der Waals surface area (Å²) in [7, 11) is 0. The van der Waals surface area contributed by atoms with E-state index in [9.17, 15) is 13.2 Å². The van der Waals surface area contributed by atoms with Crippen molar-refractivity contribution in [3.8, 4) is 0 Å². The zero-order chi connectivity index (χ0) is 19.7. The van der Waals surface area contributed by atoms with Crippen LogP contribution in [-0.2, 0) is 6.18 Å². The summed E-state index contributed by atoms with van der Waals surface area (Å²) in [4.78, 5) is 19.8. The summed E-state index contributed by atoms with van der Waals surface area (Å²) in [5.74, 6) is 2.27. The lowest BCUT2D eigenvalue weighted by Crippen LogP contribution is -2.47. The quantitative estimate of drug-likeness (QED) is 0.800. The van der Waals surface area contributed by atoms with E-state index in [1.54, 1.807) is 0 Å². The van der Waals surface area contributed by atoms with Gasteiger partial charge in [0.1, 0.15) is 11.6 Å². The van der Waals surface area contributed by atoms with Gasteiger partial charge in [-0.15, -0.1) is 0 Å². The molecular formula is C19H23F3N6. The summed E-state index contributed by atoms with van der Waals surface area (Å²) >= 11 is 0. The largest absolute Gasteiger partial charge is 0.417 e. The van der Waals surface area contributed by atoms with Crippen molar-refractivity contribution in [3.05, 3.63) is 35.7 Å². The fourth-order valence-corrected chi connectivity index (χ4v) is 3.66. The second-order valence-electron chi connectivity index (χ2n) is 7.24. The van der Waals surface area contributed by atoms with Crippen LogP contribution < -0.4 is 14.7 Å². The first-order valence-corrected chi connectivity index (χ1v) is 9.54. The number of alkyl halides is 3. The molecule has 0 N–H and O–H groups in total. The molecule has 2 aliphatic rings. The lowest BCUT2D eigenvalue weighted by Gasteiger charge is -2.35. The van der Waals surface area contributed by atoms with Gasteiger partial charge in [-0.05, 0) is 31.9 Å². The van der Waals surface area contributed by atoms with Crippen LogP contribution >= 0.6 is 0 Å². The molecule has 0 atom stereocenters. The van der Waals surface area contributed by atoms with E-state index in [2.05, 4.69) is 19.8 Å². The van der Waals surface area contributed by atoms with Crippen molar-refractivity contribution < 1.29 is 13.2 Å². The molecule has 0 spiro atoms. The zero-order valence-electron chi connectivity index (χ0n) is 15.8. The number of hydrogen-bond acceptors (Lipinski definition) is 6. The summed E-state index contributed by atoms with van der Waals surface area (Å²) in [5, 5.41) is 0. The van der Waals surface area contributed by atoms with Crippen molar-refractivity contribution in [3.63, 3.8) is 0 Å². The Hall–Kier alpha value is -2.58. The minimum atomic E-state index is -4.36. The smallest absolute Gasteiger partial charge is 0.356 e. The molecule has 2 fully saturated rings. The van der Waals surface area contributed by atoms with Gasteiger partial charge < -0.3 is 14.7 Å². The molecule has 0 aliphatic carbocycles. The molecule has 0 aromatic carbocycles. The molecule has 28 heavy (non-hydrogen) atoms. The average Bonchev–Trinajstić information content (AvgIpc) is 3.22. The van der Waals surface area contributed by atoms with Gasteiger partial charge in [0.15, 0.2) is 0 Å². The lowest BCUT2D eigenvalue weighted by atomic mass is 10.2. The molecule has 2 saturated heterocycles. The maximum atomic E-state index is 12.7. The maximum absolute atomic E-state index is 12.7. The van der Waals surface area contributed by atoms with Crippen LogP contribution in [0.3, 0.4) is 0 Å². The van der Waals surface area contributed by atoms with E-state index in [4.69, 9.17) is 4.98 Å². The molecule has 9 heteroatoms. The maximum Gasteiger partial charge on any atom is 0.417 e. The fraction of sp³-hybridized carbons (Fsp3) is 0.526. The van der Waals surface area contributed by atoms with Crippen LogP contribution in [0, 0.1) is 6.92 Å². The Morgan fingerprint density at radius 1 is 0.821 bits per heavy atom. The van der Waals surface area contributed by atoms with Gasteiger partial charge in [0, 0.05) is 57.2 Å². The van der Waals surface area contributed by atoms with E-state index in [-0.39, 0.29) is 0 Å². The number of pyridine rings is 1. The van der Waals surface area contributed by atoms with Gasteiger partial charge in [-0.1, -0.05) is 0 Å². The van der Waals surface area contributed by atoms with E-state index < -0.39 is 11.7 Å². The lowest BCUT2D eigenvalue weighted by molar-refractivity contribution is -0.137. The first-order chi connectivity index (χ1) is 13.4. The molecule has 0 saturated carbocycles. The first kappa shape index (κ1) is 18.8.